The summed E-state index contributed by atoms with van der Waals surface area (Å²) in [6, 6.07) is 27.6. The van der Waals surface area contributed by atoms with E-state index in [1.54, 1.807) is 4.52 Å². The summed E-state index contributed by atoms with van der Waals surface area (Å²) in [4.78, 5) is 4.49. The van der Waals surface area contributed by atoms with Crippen LogP contribution in [0.2, 0.25) is 0 Å². The van der Waals surface area contributed by atoms with Crippen molar-refractivity contribution in [2.24, 2.45) is 0 Å². The highest BCUT2D eigenvalue weighted by Gasteiger charge is 2.35. The number of pyridine rings is 1. The van der Waals surface area contributed by atoms with Crippen molar-refractivity contribution >= 4 is 5.65 Å². The van der Waals surface area contributed by atoms with Crippen LogP contribution in [-0.4, -0.2) is 14.6 Å². The zero-order valence-electron chi connectivity index (χ0n) is 18.3. The largest absolute Gasteiger partial charge is 0.453 e. The number of ether oxygens (including phenoxy) is 1. The molecule has 0 spiro atoms. The molecule has 4 heteroatoms. The van der Waals surface area contributed by atoms with Gasteiger partial charge in [-0.25, -0.2) is 9.50 Å². The molecule has 2 aromatic heterocycles. The summed E-state index contributed by atoms with van der Waals surface area (Å²) in [5.74, 6) is 2.19. The average Bonchev–Trinajstić information content (AvgIpc) is 3.29. The first kappa shape index (κ1) is 18.8. The molecule has 0 aliphatic heterocycles. The Morgan fingerprint density at radius 1 is 0.781 bits per heavy atom. The van der Waals surface area contributed by atoms with Gasteiger partial charge in [0.05, 0.1) is 0 Å². The monoisotopic (exact) mass is 417 g/mol. The van der Waals surface area contributed by atoms with Crippen LogP contribution in [0.3, 0.4) is 0 Å². The van der Waals surface area contributed by atoms with Crippen LogP contribution in [0.15, 0.2) is 85.1 Å². The third-order valence-corrected chi connectivity index (χ3v) is 6.41. The predicted octanol–water partition coefficient (Wildman–Crippen LogP) is 6.80. The molecule has 156 valence electrons. The number of benzene rings is 3. The molecule has 5 aromatic rings. The normalized spacial score (nSPS) is 13.7. The van der Waals surface area contributed by atoms with Gasteiger partial charge in [0.15, 0.2) is 11.4 Å². The maximum absolute atomic E-state index is 6.23. The van der Waals surface area contributed by atoms with E-state index in [0.717, 1.165) is 17.1 Å². The molecule has 0 radical (unpaired) electrons. The summed E-state index contributed by atoms with van der Waals surface area (Å²) < 4.78 is 7.97. The maximum Gasteiger partial charge on any atom is 0.198 e. The maximum atomic E-state index is 6.23. The van der Waals surface area contributed by atoms with E-state index < -0.39 is 0 Å². The van der Waals surface area contributed by atoms with E-state index in [9.17, 15) is 0 Å². The Hall–Kier alpha value is -3.92. The van der Waals surface area contributed by atoms with Crippen molar-refractivity contribution in [3.05, 3.63) is 102 Å². The Bertz CT molecular complexity index is 1500. The van der Waals surface area contributed by atoms with Gasteiger partial charge in [0.2, 0.25) is 0 Å². The molecular formula is C28H23N3O. The number of aryl methyl sites for hydroxylation is 1. The molecular weight excluding hydrogens is 394 g/mol. The Labute approximate surface area is 187 Å². The van der Waals surface area contributed by atoms with Crippen molar-refractivity contribution in [3.63, 3.8) is 0 Å². The first-order chi connectivity index (χ1) is 15.5. The quantitative estimate of drug-likeness (QED) is 0.324. The Morgan fingerprint density at radius 3 is 2.50 bits per heavy atom. The summed E-state index contributed by atoms with van der Waals surface area (Å²) in [5, 5.41) is 4.37. The summed E-state index contributed by atoms with van der Waals surface area (Å²) in [5.41, 5.74) is 8.44. The lowest BCUT2D eigenvalue weighted by molar-refractivity contribution is 0.484. The standard InChI is InChI=1S/C28H23N3O/c1-18-29-27-26(12-7-15-31(27)30-18)32-21-9-6-8-19(16-21)20-13-14-23-22-10-4-5-11-24(22)28(2,3)25(23)17-20/h4-17H,1-3H3. The number of nitrogens with zero attached hydrogens (tertiary/aromatic N) is 3. The van der Waals surface area contributed by atoms with Gasteiger partial charge in [-0.1, -0.05) is 62.4 Å². The molecule has 32 heavy (non-hydrogen) atoms. The first-order valence-corrected chi connectivity index (χ1v) is 10.9. The van der Waals surface area contributed by atoms with Crippen molar-refractivity contribution in [1.29, 1.82) is 0 Å². The van der Waals surface area contributed by atoms with Gasteiger partial charge in [-0.05, 0) is 70.6 Å². The minimum Gasteiger partial charge on any atom is -0.453 e. The third kappa shape index (κ3) is 2.83. The van der Waals surface area contributed by atoms with Crippen LogP contribution in [0.4, 0.5) is 0 Å². The van der Waals surface area contributed by atoms with Crippen LogP contribution in [0.1, 0.15) is 30.8 Å². The fraction of sp³-hybridized carbons (Fsp3) is 0.143. The molecule has 0 amide bonds. The second kappa shape index (κ2) is 6.79. The third-order valence-electron chi connectivity index (χ3n) is 6.41. The molecule has 4 nitrogen and oxygen atoms in total. The van der Waals surface area contributed by atoms with Crippen molar-refractivity contribution in [1.82, 2.24) is 14.6 Å². The summed E-state index contributed by atoms with van der Waals surface area (Å²) in [6.45, 7) is 6.50. The molecule has 0 unspecified atom stereocenters. The number of hydrogen-bond acceptors (Lipinski definition) is 3. The van der Waals surface area contributed by atoms with Gasteiger partial charge in [-0.2, -0.15) is 5.10 Å². The van der Waals surface area contributed by atoms with Gasteiger partial charge in [-0.15, -0.1) is 0 Å². The second-order valence-electron chi connectivity index (χ2n) is 8.86. The van der Waals surface area contributed by atoms with Crippen LogP contribution in [0.25, 0.3) is 27.9 Å². The molecule has 0 saturated heterocycles. The molecule has 0 saturated carbocycles. The van der Waals surface area contributed by atoms with Gasteiger partial charge in [0, 0.05) is 11.6 Å². The second-order valence-corrected chi connectivity index (χ2v) is 8.86. The lowest BCUT2D eigenvalue weighted by Crippen LogP contribution is -2.14. The van der Waals surface area contributed by atoms with E-state index >= 15 is 0 Å². The van der Waals surface area contributed by atoms with Crippen LogP contribution in [0.5, 0.6) is 11.5 Å². The highest BCUT2D eigenvalue weighted by molar-refractivity contribution is 5.83. The van der Waals surface area contributed by atoms with Gasteiger partial charge in [-0.3, -0.25) is 0 Å². The summed E-state index contributed by atoms with van der Waals surface area (Å²) in [7, 11) is 0. The number of rotatable bonds is 3. The summed E-state index contributed by atoms with van der Waals surface area (Å²) in [6.07, 6.45) is 1.88. The van der Waals surface area contributed by atoms with Gasteiger partial charge >= 0.3 is 0 Å². The van der Waals surface area contributed by atoms with Crippen LogP contribution < -0.4 is 4.74 Å². The van der Waals surface area contributed by atoms with Crippen LogP contribution in [0, 0.1) is 6.92 Å². The van der Waals surface area contributed by atoms with E-state index in [1.807, 2.05) is 37.4 Å². The molecule has 1 aliphatic carbocycles. The molecule has 0 atom stereocenters. The topological polar surface area (TPSA) is 39.4 Å². The Morgan fingerprint density at radius 2 is 1.59 bits per heavy atom. The number of fused-ring (bicyclic) bond motifs is 4. The Kier molecular flexibility index (Phi) is 3.99. The fourth-order valence-corrected chi connectivity index (χ4v) is 4.82. The van der Waals surface area contributed by atoms with E-state index in [-0.39, 0.29) is 5.41 Å². The number of hydrogen-bond donors (Lipinski definition) is 0. The Balaban J connectivity index is 1.38. The van der Waals surface area contributed by atoms with E-state index in [1.165, 1.54) is 27.8 Å². The zero-order chi connectivity index (χ0) is 21.9. The van der Waals surface area contributed by atoms with Crippen LogP contribution in [-0.2, 0) is 5.41 Å². The van der Waals surface area contributed by atoms with E-state index in [4.69, 9.17) is 4.74 Å². The molecule has 0 N–H and O–H groups in total. The number of aromatic nitrogens is 3. The highest BCUT2D eigenvalue weighted by Crippen LogP contribution is 2.49. The van der Waals surface area contributed by atoms with Gasteiger partial charge in [0.1, 0.15) is 11.6 Å². The van der Waals surface area contributed by atoms with Crippen molar-refractivity contribution in [2.45, 2.75) is 26.2 Å². The highest BCUT2D eigenvalue weighted by atomic mass is 16.5. The average molecular weight is 418 g/mol. The minimum absolute atomic E-state index is 0.0166. The van der Waals surface area contributed by atoms with Crippen molar-refractivity contribution < 1.29 is 4.74 Å². The first-order valence-electron chi connectivity index (χ1n) is 10.9. The van der Waals surface area contributed by atoms with E-state index in [0.29, 0.717) is 11.4 Å². The molecule has 6 rings (SSSR count). The molecule has 0 bridgehead atoms. The van der Waals surface area contributed by atoms with Crippen molar-refractivity contribution in [2.75, 3.05) is 0 Å². The predicted molar refractivity (Wildman–Crippen MR) is 127 cm³/mol. The smallest absolute Gasteiger partial charge is 0.198 e. The SMILES string of the molecule is Cc1nc2c(Oc3cccc(-c4ccc5c(c4)C(C)(C)c4ccccc4-5)c3)cccn2n1. The van der Waals surface area contributed by atoms with E-state index in [2.05, 4.69) is 78.5 Å². The fourth-order valence-electron chi connectivity index (χ4n) is 4.82. The lowest BCUT2D eigenvalue weighted by Gasteiger charge is -2.22. The minimum atomic E-state index is -0.0166. The molecule has 0 fully saturated rings. The lowest BCUT2D eigenvalue weighted by atomic mass is 9.81. The van der Waals surface area contributed by atoms with Gasteiger partial charge in [0.25, 0.3) is 0 Å². The molecule has 2 heterocycles. The molecule has 3 aromatic carbocycles. The van der Waals surface area contributed by atoms with Gasteiger partial charge < -0.3 is 4.74 Å². The summed E-state index contributed by atoms with van der Waals surface area (Å²) >= 11 is 0. The zero-order valence-corrected chi connectivity index (χ0v) is 18.3. The van der Waals surface area contributed by atoms with Crippen LogP contribution >= 0.6 is 0 Å². The van der Waals surface area contributed by atoms with Crippen molar-refractivity contribution in [3.8, 4) is 33.8 Å². The molecule has 1 aliphatic rings.